The zero-order valence-electron chi connectivity index (χ0n) is 9.97. The molecule has 2 N–H and O–H groups in total. The number of aromatic nitrogens is 1. The number of rotatable bonds is 3. The molecule has 0 spiro atoms. The Morgan fingerprint density at radius 1 is 1.16 bits per heavy atom. The lowest BCUT2D eigenvalue weighted by Crippen LogP contribution is -1.94. The summed E-state index contributed by atoms with van der Waals surface area (Å²) in [4.78, 5) is 4.53. The molecule has 0 aliphatic heterocycles. The number of ether oxygens (including phenoxy) is 1. The van der Waals surface area contributed by atoms with Crippen LogP contribution in [0.5, 0.6) is 5.75 Å². The number of anilines is 1. The van der Waals surface area contributed by atoms with Crippen molar-refractivity contribution in [2.24, 2.45) is 0 Å². The number of fused-ring (bicyclic) bond motifs is 1. The molecule has 0 saturated carbocycles. The zero-order chi connectivity index (χ0) is 13.2. The van der Waals surface area contributed by atoms with Crippen LogP contribution in [0.1, 0.15) is 5.01 Å². The van der Waals surface area contributed by atoms with Crippen LogP contribution in [0.2, 0.25) is 0 Å². The van der Waals surface area contributed by atoms with Crippen LogP contribution in [0.4, 0.5) is 5.69 Å². The van der Waals surface area contributed by atoms with Gasteiger partial charge in [-0.2, -0.15) is 0 Å². The van der Waals surface area contributed by atoms with E-state index in [1.165, 1.54) is 0 Å². The van der Waals surface area contributed by atoms with Crippen LogP contribution in [0, 0.1) is 0 Å². The molecule has 0 unspecified atom stereocenters. The first-order valence-electron chi connectivity index (χ1n) is 5.74. The molecule has 0 saturated heterocycles. The van der Waals surface area contributed by atoms with Crippen molar-refractivity contribution < 1.29 is 4.74 Å². The fourth-order valence-electron chi connectivity index (χ4n) is 1.72. The fourth-order valence-corrected chi connectivity index (χ4v) is 3.15. The summed E-state index contributed by atoms with van der Waals surface area (Å²) in [6.07, 6.45) is 0. The lowest BCUT2D eigenvalue weighted by molar-refractivity contribution is 0.306. The topological polar surface area (TPSA) is 48.1 Å². The maximum absolute atomic E-state index is 5.69. The largest absolute Gasteiger partial charge is 0.486 e. The van der Waals surface area contributed by atoms with Gasteiger partial charge in [0, 0.05) is 10.2 Å². The standard InChI is InChI=1S/C14H11BrN2OS/c15-9-1-6-12-13(7-9)19-14(17-12)8-18-11-4-2-10(16)3-5-11/h1-7H,8,16H2. The number of nitrogens with two attached hydrogens (primary N) is 1. The minimum atomic E-state index is 0.473. The van der Waals surface area contributed by atoms with Crippen molar-refractivity contribution in [3.05, 3.63) is 51.9 Å². The smallest absolute Gasteiger partial charge is 0.140 e. The van der Waals surface area contributed by atoms with Crippen LogP contribution in [0.15, 0.2) is 46.9 Å². The summed E-state index contributed by atoms with van der Waals surface area (Å²) in [6, 6.07) is 13.4. The highest BCUT2D eigenvalue weighted by Crippen LogP contribution is 2.26. The number of nitrogen functional groups attached to an aromatic ring is 1. The van der Waals surface area contributed by atoms with E-state index in [-0.39, 0.29) is 0 Å². The molecule has 2 aromatic carbocycles. The zero-order valence-corrected chi connectivity index (χ0v) is 12.4. The molecule has 0 amide bonds. The Hall–Kier alpha value is -1.59. The molecular weight excluding hydrogens is 324 g/mol. The maximum atomic E-state index is 5.69. The highest BCUT2D eigenvalue weighted by molar-refractivity contribution is 9.10. The average Bonchev–Trinajstić information content (AvgIpc) is 2.80. The van der Waals surface area contributed by atoms with Gasteiger partial charge < -0.3 is 10.5 Å². The minimum Gasteiger partial charge on any atom is -0.486 e. The van der Waals surface area contributed by atoms with Crippen molar-refractivity contribution in [3.8, 4) is 5.75 Å². The molecule has 5 heteroatoms. The van der Waals surface area contributed by atoms with Crippen LogP contribution in [-0.4, -0.2) is 4.98 Å². The summed E-state index contributed by atoms with van der Waals surface area (Å²) in [5.74, 6) is 0.801. The predicted molar refractivity (Wildman–Crippen MR) is 82.5 cm³/mol. The summed E-state index contributed by atoms with van der Waals surface area (Å²) in [6.45, 7) is 0.473. The van der Waals surface area contributed by atoms with Gasteiger partial charge in [0.1, 0.15) is 17.4 Å². The van der Waals surface area contributed by atoms with Gasteiger partial charge in [0.15, 0.2) is 0 Å². The molecule has 3 rings (SSSR count). The third-order valence-electron chi connectivity index (χ3n) is 2.64. The van der Waals surface area contributed by atoms with E-state index in [1.54, 1.807) is 11.3 Å². The number of thiazole rings is 1. The van der Waals surface area contributed by atoms with Crippen LogP contribution in [-0.2, 0) is 6.61 Å². The van der Waals surface area contributed by atoms with Gasteiger partial charge in [-0.15, -0.1) is 11.3 Å². The fraction of sp³-hybridized carbons (Fsp3) is 0.0714. The van der Waals surface area contributed by atoms with Gasteiger partial charge in [-0.1, -0.05) is 15.9 Å². The van der Waals surface area contributed by atoms with Crippen molar-refractivity contribution in [2.75, 3.05) is 5.73 Å². The molecule has 0 atom stereocenters. The Labute approximate surface area is 123 Å². The minimum absolute atomic E-state index is 0.473. The third-order valence-corrected chi connectivity index (χ3v) is 4.12. The molecule has 3 aromatic rings. The number of benzene rings is 2. The van der Waals surface area contributed by atoms with E-state index in [1.807, 2.05) is 36.4 Å². The molecule has 3 nitrogen and oxygen atoms in total. The van der Waals surface area contributed by atoms with Gasteiger partial charge in [0.25, 0.3) is 0 Å². The van der Waals surface area contributed by atoms with Gasteiger partial charge >= 0.3 is 0 Å². The van der Waals surface area contributed by atoms with Gasteiger partial charge in [0.05, 0.1) is 10.2 Å². The Kier molecular flexibility index (Phi) is 3.40. The first-order valence-corrected chi connectivity index (χ1v) is 7.35. The molecule has 0 aliphatic rings. The molecule has 0 fully saturated rings. The summed E-state index contributed by atoms with van der Waals surface area (Å²) in [5.41, 5.74) is 7.37. The van der Waals surface area contributed by atoms with E-state index in [2.05, 4.69) is 27.0 Å². The first-order chi connectivity index (χ1) is 9.20. The monoisotopic (exact) mass is 334 g/mol. The number of nitrogens with zero attached hydrogens (tertiary/aromatic N) is 1. The number of hydrogen-bond acceptors (Lipinski definition) is 4. The number of halogens is 1. The SMILES string of the molecule is Nc1ccc(OCc2nc3ccc(Br)cc3s2)cc1. The van der Waals surface area contributed by atoms with Gasteiger partial charge in [0.2, 0.25) is 0 Å². The highest BCUT2D eigenvalue weighted by atomic mass is 79.9. The van der Waals surface area contributed by atoms with Gasteiger partial charge in [-0.25, -0.2) is 4.98 Å². The predicted octanol–water partition coefficient (Wildman–Crippen LogP) is 4.22. The van der Waals surface area contributed by atoms with Gasteiger partial charge in [-0.3, -0.25) is 0 Å². The van der Waals surface area contributed by atoms with E-state index >= 15 is 0 Å². The summed E-state index contributed by atoms with van der Waals surface area (Å²) in [5, 5.41) is 0.963. The molecule has 0 aliphatic carbocycles. The average molecular weight is 335 g/mol. The van der Waals surface area contributed by atoms with Crippen molar-refractivity contribution in [1.82, 2.24) is 4.98 Å². The number of hydrogen-bond donors (Lipinski definition) is 1. The van der Waals surface area contributed by atoms with E-state index in [4.69, 9.17) is 10.5 Å². The van der Waals surface area contributed by atoms with E-state index in [0.29, 0.717) is 6.61 Å². The molecule has 0 radical (unpaired) electrons. The van der Waals surface area contributed by atoms with E-state index in [0.717, 1.165) is 31.1 Å². The third kappa shape index (κ3) is 2.88. The summed E-state index contributed by atoms with van der Waals surface area (Å²) < 4.78 is 7.91. The molecule has 19 heavy (non-hydrogen) atoms. The molecule has 0 bridgehead atoms. The maximum Gasteiger partial charge on any atom is 0.140 e. The van der Waals surface area contributed by atoms with Gasteiger partial charge in [-0.05, 0) is 42.5 Å². The normalized spacial score (nSPS) is 10.8. The molecular formula is C14H11BrN2OS. The van der Waals surface area contributed by atoms with Crippen molar-refractivity contribution in [3.63, 3.8) is 0 Å². The second-order valence-corrected chi connectivity index (χ2v) is 6.11. The lowest BCUT2D eigenvalue weighted by atomic mass is 10.3. The summed E-state index contributed by atoms with van der Waals surface area (Å²) >= 11 is 5.10. The van der Waals surface area contributed by atoms with Crippen LogP contribution < -0.4 is 10.5 Å². The van der Waals surface area contributed by atoms with E-state index in [9.17, 15) is 0 Å². The van der Waals surface area contributed by atoms with E-state index < -0.39 is 0 Å². The Morgan fingerprint density at radius 3 is 2.74 bits per heavy atom. The van der Waals surface area contributed by atoms with Crippen molar-refractivity contribution in [1.29, 1.82) is 0 Å². The second kappa shape index (κ2) is 5.19. The van der Waals surface area contributed by atoms with Crippen molar-refractivity contribution >= 4 is 43.2 Å². The lowest BCUT2D eigenvalue weighted by Gasteiger charge is -2.03. The summed E-state index contributed by atoms with van der Waals surface area (Å²) in [7, 11) is 0. The van der Waals surface area contributed by atoms with Crippen LogP contribution in [0.25, 0.3) is 10.2 Å². The first kappa shape index (κ1) is 12.4. The Morgan fingerprint density at radius 2 is 1.95 bits per heavy atom. The second-order valence-electron chi connectivity index (χ2n) is 4.08. The Bertz CT molecular complexity index is 709. The molecule has 1 aromatic heterocycles. The van der Waals surface area contributed by atoms with Crippen LogP contribution >= 0.6 is 27.3 Å². The molecule has 1 heterocycles. The van der Waals surface area contributed by atoms with Crippen LogP contribution in [0.3, 0.4) is 0 Å². The quantitative estimate of drug-likeness (QED) is 0.729. The molecule has 96 valence electrons. The highest BCUT2D eigenvalue weighted by Gasteiger charge is 2.05. The van der Waals surface area contributed by atoms with Crippen molar-refractivity contribution in [2.45, 2.75) is 6.61 Å². The Balaban J connectivity index is 1.76.